The highest BCUT2D eigenvalue weighted by Crippen LogP contribution is 2.48. The van der Waals surface area contributed by atoms with Gasteiger partial charge in [-0.1, -0.05) is 24.4 Å². The quantitative estimate of drug-likeness (QED) is 0.824. The summed E-state index contributed by atoms with van der Waals surface area (Å²) in [6.07, 6.45) is 11.6. The Labute approximate surface area is 119 Å². The van der Waals surface area contributed by atoms with Crippen LogP contribution in [0, 0.1) is 5.41 Å². The molecule has 3 heteroatoms. The maximum Gasteiger partial charge on any atom is 0.0931 e. The first kappa shape index (κ1) is 13.0. The fourth-order valence-corrected chi connectivity index (χ4v) is 4.79. The molecule has 2 aliphatic rings. The van der Waals surface area contributed by atoms with Gasteiger partial charge in [0.1, 0.15) is 0 Å². The molecule has 0 unspecified atom stereocenters. The van der Waals surface area contributed by atoms with Crippen LogP contribution in [0.4, 0.5) is 0 Å². The molecule has 0 radical (unpaired) electrons. The minimum atomic E-state index is 0.733. The van der Waals surface area contributed by atoms with Crippen LogP contribution < -0.4 is 5.32 Å². The van der Waals surface area contributed by atoms with Gasteiger partial charge in [-0.3, -0.25) is 0 Å². The number of halogens is 1. The maximum absolute atomic E-state index is 5.95. The van der Waals surface area contributed by atoms with Gasteiger partial charge in [0.05, 0.1) is 4.34 Å². The summed E-state index contributed by atoms with van der Waals surface area (Å²) in [5.74, 6) is 0. The highest BCUT2D eigenvalue weighted by molar-refractivity contribution is 7.16. The third kappa shape index (κ3) is 2.92. The van der Waals surface area contributed by atoms with Crippen molar-refractivity contribution in [2.24, 2.45) is 5.41 Å². The van der Waals surface area contributed by atoms with Crippen LogP contribution in [0.15, 0.2) is 12.1 Å². The van der Waals surface area contributed by atoms with E-state index in [1.54, 1.807) is 11.3 Å². The Morgan fingerprint density at radius 1 is 1.17 bits per heavy atom. The Kier molecular flexibility index (Phi) is 3.97. The highest BCUT2D eigenvalue weighted by atomic mass is 35.5. The number of hydrogen-bond acceptors (Lipinski definition) is 2. The van der Waals surface area contributed by atoms with Gasteiger partial charge in [0.2, 0.25) is 0 Å². The second-order valence-corrected chi connectivity index (χ2v) is 7.87. The van der Waals surface area contributed by atoms with Gasteiger partial charge in [-0.05, 0) is 56.1 Å². The number of nitrogens with one attached hydrogen (secondary N) is 1. The summed E-state index contributed by atoms with van der Waals surface area (Å²) in [5, 5.41) is 3.71. The topological polar surface area (TPSA) is 12.0 Å². The van der Waals surface area contributed by atoms with Crippen LogP contribution in [-0.2, 0) is 6.54 Å². The molecule has 100 valence electrons. The molecular formula is C15H22ClNS. The lowest BCUT2D eigenvalue weighted by molar-refractivity contribution is 0.168. The normalized spacial score (nSPS) is 23.8. The van der Waals surface area contributed by atoms with Gasteiger partial charge in [0, 0.05) is 17.5 Å². The number of thiophene rings is 1. The van der Waals surface area contributed by atoms with Crippen molar-refractivity contribution >= 4 is 22.9 Å². The van der Waals surface area contributed by atoms with E-state index in [4.69, 9.17) is 11.6 Å². The fourth-order valence-electron chi connectivity index (χ4n) is 3.75. The Morgan fingerprint density at radius 2 is 1.89 bits per heavy atom. The Hall–Kier alpha value is -0.0500. The lowest BCUT2D eigenvalue weighted by atomic mass is 9.71. The van der Waals surface area contributed by atoms with Gasteiger partial charge in [-0.25, -0.2) is 0 Å². The van der Waals surface area contributed by atoms with Crippen molar-refractivity contribution in [2.45, 2.75) is 64.0 Å². The molecule has 2 fully saturated rings. The minimum absolute atomic E-state index is 0.733. The van der Waals surface area contributed by atoms with E-state index in [1.165, 1.54) is 56.2 Å². The molecular weight excluding hydrogens is 262 g/mol. The molecule has 0 aromatic carbocycles. The van der Waals surface area contributed by atoms with Gasteiger partial charge in [-0.2, -0.15) is 0 Å². The van der Waals surface area contributed by atoms with Crippen molar-refractivity contribution in [3.8, 4) is 0 Å². The van der Waals surface area contributed by atoms with E-state index >= 15 is 0 Å². The van der Waals surface area contributed by atoms with E-state index in [1.807, 2.05) is 6.07 Å². The summed E-state index contributed by atoms with van der Waals surface area (Å²) in [5.41, 5.74) is 0.754. The van der Waals surface area contributed by atoms with E-state index < -0.39 is 0 Å². The third-order valence-corrected chi connectivity index (χ3v) is 6.14. The third-order valence-electron chi connectivity index (χ3n) is 4.90. The SMILES string of the molecule is Clc1ccc(CNC2CCC3(CCCC3)CC2)s1. The Bertz CT molecular complexity index is 385. The molecule has 0 amide bonds. The van der Waals surface area contributed by atoms with Crippen molar-refractivity contribution in [3.05, 3.63) is 21.3 Å². The van der Waals surface area contributed by atoms with Crippen LogP contribution in [0.25, 0.3) is 0 Å². The molecule has 1 aromatic rings. The van der Waals surface area contributed by atoms with Crippen molar-refractivity contribution in [3.63, 3.8) is 0 Å². The zero-order valence-electron chi connectivity index (χ0n) is 10.9. The summed E-state index contributed by atoms with van der Waals surface area (Å²) >= 11 is 7.65. The van der Waals surface area contributed by atoms with E-state index in [0.717, 1.165) is 22.3 Å². The summed E-state index contributed by atoms with van der Waals surface area (Å²) in [6, 6.07) is 4.87. The summed E-state index contributed by atoms with van der Waals surface area (Å²) in [6.45, 7) is 0.995. The van der Waals surface area contributed by atoms with Crippen LogP contribution in [-0.4, -0.2) is 6.04 Å². The molecule has 0 saturated heterocycles. The number of rotatable bonds is 3. The molecule has 1 heterocycles. The van der Waals surface area contributed by atoms with Crippen LogP contribution in [0.5, 0.6) is 0 Å². The van der Waals surface area contributed by atoms with E-state index in [9.17, 15) is 0 Å². The molecule has 2 aliphatic carbocycles. The van der Waals surface area contributed by atoms with Crippen molar-refractivity contribution in [1.82, 2.24) is 5.32 Å². The average Bonchev–Trinajstić information content (AvgIpc) is 2.99. The molecule has 0 aliphatic heterocycles. The molecule has 1 spiro atoms. The summed E-state index contributed by atoms with van der Waals surface area (Å²) in [4.78, 5) is 1.36. The molecule has 1 nitrogen and oxygen atoms in total. The average molecular weight is 284 g/mol. The van der Waals surface area contributed by atoms with E-state index in [-0.39, 0.29) is 0 Å². The fraction of sp³-hybridized carbons (Fsp3) is 0.733. The van der Waals surface area contributed by atoms with Crippen molar-refractivity contribution in [2.75, 3.05) is 0 Å². The van der Waals surface area contributed by atoms with Crippen LogP contribution in [0.2, 0.25) is 4.34 Å². The van der Waals surface area contributed by atoms with Crippen LogP contribution in [0.3, 0.4) is 0 Å². The standard InChI is InChI=1S/C15H22ClNS/c16-14-4-3-13(18-14)11-17-12-5-9-15(10-6-12)7-1-2-8-15/h3-4,12,17H,1-2,5-11H2. The van der Waals surface area contributed by atoms with Crippen LogP contribution in [0.1, 0.15) is 56.2 Å². The largest absolute Gasteiger partial charge is 0.309 e. The van der Waals surface area contributed by atoms with Gasteiger partial charge >= 0.3 is 0 Å². The lowest BCUT2D eigenvalue weighted by Gasteiger charge is -2.37. The lowest BCUT2D eigenvalue weighted by Crippen LogP contribution is -2.36. The van der Waals surface area contributed by atoms with Gasteiger partial charge < -0.3 is 5.32 Å². The van der Waals surface area contributed by atoms with Crippen molar-refractivity contribution in [1.29, 1.82) is 0 Å². The monoisotopic (exact) mass is 283 g/mol. The molecule has 3 rings (SSSR count). The zero-order chi connectivity index (χ0) is 12.4. The molecule has 0 atom stereocenters. The van der Waals surface area contributed by atoms with Gasteiger partial charge in [0.25, 0.3) is 0 Å². The highest BCUT2D eigenvalue weighted by Gasteiger charge is 2.37. The van der Waals surface area contributed by atoms with E-state index in [0.29, 0.717) is 0 Å². The number of hydrogen-bond donors (Lipinski definition) is 1. The minimum Gasteiger partial charge on any atom is -0.309 e. The Morgan fingerprint density at radius 3 is 2.50 bits per heavy atom. The predicted octanol–water partition coefficient (Wildman–Crippen LogP) is 4.99. The Balaban J connectivity index is 1.45. The summed E-state index contributed by atoms with van der Waals surface area (Å²) in [7, 11) is 0. The first-order chi connectivity index (χ1) is 8.76. The van der Waals surface area contributed by atoms with Crippen molar-refractivity contribution < 1.29 is 0 Å². The molecule has 1 aromatic heterocycles. The van der Waals surface area contributed by atoms with Gasteiger partial charge in [0.15, 0.2) is 0 Å². The first-order valence-electron chi connectivity index (χ1n) is 7.23. The zero-order valence-corrected chi connectivity index (χ0v) is 12.5. The molecule has 1 N–H and O–H groups in total. The molecule has 18 heavy (non-hydrogen) atoms. The maximum atomic E-state index is 5.95. The smallest absolute Gasteiger partial charge is 0.0931 e. The predicted molar refractivity (Wildman–Crippen MR) is 79.3 cm³/mol. The second kappa shape index (κ2) is 5.52. The van der Waals surface area contributed by atoms with E-state index in [2.05, 4.69) is 11.4 Å². The van der Waals surface area contributed by atoms with Crippen LogP contribution >= 0.6 is 22.9 Å². The molecule has 2 saturated carbocycles. The first-order valence-corrected chi connectivity index (χ1v) is 8.43. The molecule has 0 bridgehead atoms. The van der Waals surface area contributed by atoms with Gasteiger partial charge in [-0.15, -0.1) is 11.3 Å². The summed E-state index contributed by atoms with van der Waals surface area (Å²) < 4.78 is 0.903. The second-order valence-electron chi connectivity index (χ2n) is 6.07.